The van der Waals surface area contributed by atoms with Gasteiger partial charge in [0, 0.05) is 40.6 Å². The third-order valence-corrected chi connectivity index (χ3v) is 9.91. The summed E-state index contributed by atoms with van der Waals surface area (Å²) in [6.45, 7) is 4.79. The van der Waals surface area contributed by atoms with Crippen LogP contribution in [0, 0.1) is 18.3 Å². The fourth-order valence-corrected chi connectivity index (χ4v) is 7.28. The summed E-state index contributed by atoms with van der Waals surface area (Å²) >= 11 is 18.6. The van der Waals surface area contributed by atoms with Gasteiger partial charge in [0.2, 0.25) is 5.71 Å². The quantitative estimate of drug-likeness (QED) is 0.206. The topological polar surface area (TPSA) is 121 Å². The van der Waals surface area contributed by atoms with Gasteiger partial charge in [-0.2, -0.15) is 18.6 Å². The highest BCUT2D eigenvalue weighted by atomic mass is 35.5. The van der Waals surface area contributed by atoms with E-state index in [4.69, 9.17) is 34.8 Å². The molecule has 2 aromatic carbocycles. The van der Waals surface area contributed by atoms with E-state index in [1.165, 1.54) is 21.6 Å². The summed E-state index contributed by atoms with van der Waals surface area (Å²) < 4.78 is 29.6. The lowest BCUT2D eigenvalue weighted by atomic mass is 9.96. The number of hydrogen-bond donors (Lipinski definition) is 2. The van der Waals surface area contributed by atoms with Crippen molar-refractivity contribution >= 4 is 69.9 Å². The van der Waals surface area contributed by atoms with Gasteiger partial charge in [0.15, 0.2) is 12.1 Å². The van der Waals surface area contributed by atoms with E-state index in [9.17, 15) is 33.5 Å². The number of nitrogens with one attached hydrogen (secondary N) is 1. The number of phenolic OH excluding ortho intramolecular Hbond substituents is 1. The summed E-state index contributed by atoms with van der Waals surface area (Å²) in [5, 5.41) is 17.3. The number of rotatable bonds is 7. The minimum Gasteiger partial charge on any atom is -0.505 e. The summed E-state index contributed by atoms with van der Waals surface area (Å²) in [7, 11) is 0. The monoisotopic (exact) mass is 694 g/mol. The molecule has 3 aromatic rings. The second-order valence-electron chi connectivity index (χ2n) is 10.3. The third-order valence-electron chi connectivity index (χ3n) is 7.67. The Hall–Kier alpha value is -3.63. The molecule has 2 N–H and O–H groups in total. The summed E-state index contributed by atoms with van der Waals surface area (Å²) in [5.74, 6) is -1.07. The molecular weight excluding hydrogens is 671 g/mol. The molecular formula is C30H25Cl3F2N5O4S+. The molecule has 3 amide bonds. The molecule has 0 unspecified atom stereocenters. The van der Waals surface area contributed by atoms with Gasteiger partial charge in [-0.1, -0.05) is 41.0 Å². The first-order chi connectivity index (χ1) is 21.3. The average Bonchev–Trinajstić information content (AvgIpc) is 3.34. The molecule has 0 saturated carbocycles. The predicted octanol–water partition coefficient (Wildman–Crippen LogP) is 6.86. The van der Waals surface area contributed by atoms with Crippen LogP contribution in [0.1, 0.15) is 52.5 Å². The van der Waals surface area contributed by atoms with Crippen LogP contribution in [0.3, 0.4) is 0 Å². The number of alkyl halides is 3. The number of benzene rings is 2. The zero-order chi connectivity index (χ0) is 32.8. The smallest absolute Gasteiger partial charge is 0.426 e. The van der Waals surface area contributed by atoms with Gasteiger partial charge >= 0.3 is 17.3 Å². The van der Waals surface area contributed by atoms with Crippen LogP contribution in [-0.2, 0) is 11.9 Å². The van der Waals surface area contributed by atoms with Crippen LogP contribution >= 0.6 is 46.6 Å². The number of carbonyl (C=O) groups excluding carboxylic acids is 2. The Labute approximate surface area is 275 Å². The summed E-state index contributed by atoms with van der Waals surface area (Å²) in [5.41, 5.74) is -0.833. The van der Waals surface area contributed by atoms with Gasteiger partial charge in [0.25, 0.3) is 5.56 Å². The van der Waals surface area contributed by atoms with Crippen molar-refractivity contribution in [2.75, 3.05) is 24.5 Å². The number of carbonyl (C=O) groups is 2. The van der Waals surface area contributed by atoms with E-state index in [-0.39, 0.29) is 56.0 Å². The molecule has 45 heavy (non-hydrogen) atoms. The summed E-state index contributed by atoms with van der Waals surface area (Å²) in [4.78, 5) is 45.8. The molecule has 2 aliphatic heterocycles. The number of pyridine rings is 1. The number of hydrogen-bond acceptors (Lipinski definition) is 6. The molecule has 0 bridgehead atoms. The van der Waals surface area contributed by atoms with Crippen LogP contribution in [0.2, 0.25) is 10.0 Å². The lowest BCUT2D eigenvalue weighted by Gasteiger charge is -2.35. The second-order valence-corrected chi connectivity index (χ2v) is 12.7. The average molecular weight is 696 g/mol. The van der Waals surface area contributed by atoms with Crippen LogP contribution in [0.4, 0.5) is 19.3 Å². The van der Waals surface area contributed by atoms with Crippen molar-refractivity contribution in [3.8, 4) is 11.8 Å². The van der Waals surface area contributed by atoms with E-state index in [0.717, 1.165) is 17.8 Å². The maximum atomic E-state index is 14.2. The van der Waals surface area contributed by atoms with E-state index in [1.54, 1.807) is 24.0 Å². The SMILES string of the molecule is CCN1CCCN(c2cc3c(c(C)c2O)C(CC#N)=[N+](C(=O)c2c(Sc4c(Cl)cccc4Cl)cc(C(F)(F)Cl)[nH]c2=O)C3)C1=O. The molecule has 0 atom stereocenters. The molecule has 0 radical (unpaired) electrons. The number of anilines is 1. The first kappa shape index (κ1) is 32.8. The Kier molecular flexibility index (Phi) is 9.20. The number of H-pyrrole nitrogens is 1. The molecule has 1 saturated heterocycles. The van der Waals surface area contributed by atoms with Gasteiger partial charge in [-0.25, -0.2) is 9.59 Å². The number of amides is 3. The molecule has 15 heteroatoms. The van der Waals surface area contributed by atoms with Crippen LogP contribution < -0.4 is 10.5 Å². The van der Waals surface area contributed by atoms with Gasteiger partial charge in [0.05, 0.1) is 27.4 Å². The number of aromatic amines is 1. The minimum absolute atomic E-state index is 0.122. The number of aromatic nitrogens is 1. The first-order valence-electron chi connectivity index (χ1n) is 13.7. The van der Waals surface area contributed by atoms with Crippen LogP contribution in [0.5, 0.6) is 5.75 Å². The maximum Gasteiger partial charge on any atom is 0.426 e. The minimum atomic E-state index is -3.97. The Balaban J connectivity index is 1.65. The fourth-order valence-electron chi connectivity index (χ4n) is 5.54. The van der Waals surface area contributed by atoms with E-state index in [0.29, 0.717) is 42.7 Å². The lowest BCUT2D eigenvalue weighted by Crippen LogP contribution is -2.49. The maximum absolute atomic E-state index is 14.2. The van der Waals surface area contributed by atoms with Gasteiger partial charge in [-0.05, 0) is 56.1 Å². The lowest BCUT2D eigenvalue weighted by molar-refractivity contribution is -0.441. The highest BCUT2D eigenvalue weighted by Gasteiger charge is 2.42. The van der Waals surface area contributed by atoms with E-state index in [1.807, 2.05) is 18.0 Å². The van der Waals surface area contributed by atoms with Crippen molar-refractivity contribution < 1.29 is 28.1 Å². The fraction of sp³-hybridized carbons (Fsp3) is 0.300. The Morgan fingerprint density at radius 1 is 1.22 bits per heavy atom. The van der Waals surface area contributed by atoms with Crippen molar-refractivity contribution in [3.05, 3.63) is 78.7 Å². The molecule has 1 aromatic heterocycles. The molecule has 1 fully saturated rings. The van der Waals surface area contributed by atoms with Crippen molar-refractivity contribution in [2.45, 2.75) is 48.4 Å². The standard InChI is InChI=1S/C30H24Cl3F2N5O4S/c1-3-38-10-5-11-39(29(38)44)20-12-16-14-40(19(8-9-36)23(16)15(2)25(20)41)28(43)24-21(13-22(30(33,34)35)37-27(24)42)45-26-17(31)6-4-7-18(26)32/h4,6-7,12-13H,3,5,8,10-11,14H2,1-2H3,(H-,37,41,42,43)/p+1. The van der Waals surface area contributed by atoms with Crippen molar-refractivity contribution in [1.29, 1.82) is 5.26 Å². The molecule has 2 aliphatic rings. The molecule has 3 heterocycles. The van der Waals surface area contributed by atoms with E-state index in [2.05, 4.69) is 0 Å². The second kappa shape index (κ2) is 12.6. The van der Waals surface area contributed by atoms with Gasteiger partial charge < -0.3 is 15.0 Å². The van der Waals surface area contributed by atoms with Crippen molar-refractivity contribution in [2.24, 2.45) is 0 Å². The van der Waals surface area contributed by atoms with E-state index >= 15 is 0 Å². The normalized spacial score (nSPS) is 15.0. The Morgan fingerprint density at radius 2 is 1.91 bits per heavy atom. The third kappa shape index (κ3) is 6.02. The highest BCUT2D eigenvalue weighted by Crippen LogP contribution is 2.43. The summed E-state index contributed by atoms with van der Waals surface area (Å²) in [6.07, 6.45) is 0.404. The van der Waals surface area contributed by atoms with Crippen molar-refractivity contribution in [1.82, 2.24) is 9.88 Å². The van der Waals surface area contributed by atoms with Crippen LogP contribution in [0.25, 0.3) is 0 Å². The van der Waals surface area contributed by atoms with Crippen molar-refractivity contribution in [3.63, 3.8) is 0 Å². The van der Waals surface area contributed by atoms with Crippen LogP contribution in [-0.4, -0.2) is 56.9 Å². The van der Waals surface area contributed by atoms with Gasteiger partial charge in [-0.3, -0.25) is 9.69 Å². The number of nitrogens with zero attached hydrogens (tertiary/aromatic N) is 4. The molecule has 9 nitrogen and oxygen atoms in total. The first-order valence-corrected chi connectivity index (χ1v) is 15.7. The Bertz CT molecular complexity index is 1870. The molecule has 0 aliphatic carbocycles. The number of fused-ring (bicyclic) bond motifs is 1. The number of aromatic hydroxyl groups is 1. The number of nitriles is 1. The zero-order valence-corrected chi connectivity index (χ0v) is 27.0. The van der Waals surface area contributed by atoms with E-state index < -0.39 is 28.1 Å². The highest BCUT2D eigenvalue weighted by molar-refractivity contribution is 7.99. The molecule has 234 valence electrons. The number of urea groups is 1. The van der Waals surface area contributed by atoms with Gasteiger partial charge in [-0.15, -0.1) is 0 Å². The van der Waals surface area contributed by atoms with Crippen LogP contribution in [0.15, 0.2) is 44.9 Å². The Morgan fingerprint density at radius 3 is 2.53 bits per heavy atom. The largest absolute Gasteiger partial charge is 0.505 e. The number of halogens is 5. The zero-order valence-electron chi connectivity index (χ0n) is 23.9. The molecule has 0 spiro atoms. The predicted molar refractivity (Wildman–Crippen MR) is 167 cm³/mol. The van der Waals surface area contributed by atoms with Gasteiger partial charge in [0.1, 0.15) is 17.9 Å². The number of phenols is 1. The summed E-state index contributed by atoms with van der Waals surface area (Å²) in [6, 6.07) is 8.83. The molecule has 5 rings (SSSR count).